The molecule has 0 aromatic heterocycles. The van der Waals surface area contributed by atoms with Crippen LogP contribution in [0.2, 0.25) is 0 Å². The molecule has 5 aliphatic rings. The number of rotatable bonds is 0. The van der Waals surface area contributed by atoms with Gasteiger partial charge in [-0.25, -0.2) is 42.1 Å². The van der Waals surface area contributed by atoms with E-state index in [1.807, 2.05) is 0 Å². The standard InChI is InChI=1S/5C4H8O2S/c5*5-7(6)3-1-2-4-7/h5*1-4H2. The second kappa shape index (κ2) is 14.6. The van der Waals surface area contributed by atoms with Crippen molar-refractivity contribution in [2.45, 2.75) is 64.2 Å². The van der Waals surface area contributed by atoms with Crippen LogP contribution < -0.4 is 0 Å². The van der Waals surface area contributed by atoms with E-state index in [-0.39, 0.29) is 0 Å². The minimum absolute atomic E-state index is 0.424. The minimum atomic E-state index is -2.55. The predicted octanol–water partition coefficient (Wildman–Crippen LogP) is 0.975. The highest BCUT2D eigenvalue weighted by Crippen LogP contribution is 2.10. The summed E-state index contributed by atoms with van der Waals surface area (Å²) in [5, 5.41) is 0. The van der Waals surface area contributed by atoms with E-state index in [1.54, 1.807) is 0 Å². The molecule has 5 saturated heterocycles. The van der Waals surface area contributed by atoms with Crippen LogP contribution in [0, 0.1) is 0 Å². The lowest BCUT2D eigenvalue weighted by atomic mass is 10.4. The first kappa shape index (κ1) is 32.8. The predicted molar refractivity (Wildman–Crippen MR) is 139 cm³/mol. The van der Waals surface area contributed by atoms with Gasteiger partial charge in [0.15, 0.2) is 0 Å². The van der Waals surface area contributed by atoms with Crippen molar-refractivity contribution < 1.29 is 42.1 Å². The molecule has 210 valence electrons. The number of hydrogen-bond donors (Lipinski definition) is 0. The van der Waals surface area contributed by atoms with Gasteiger partial charge in [-0.15, -0.1) is 0 Å². The molecule has 5 fully saturated rings. The molecule has 15 heteroatoms. The molecule has 0 radical (unpaired) electrons. The van der Waals surface area contributed by atoms with Gasteiger partial charge in [0.1, 0.15) is 49.2 Å². The molecule has 0 aromatic carbocycles. The zero-order valence-electron chi connectivity index (χ0n) is 20.3. The van der Waals surface area contributed by atoms with Gasteiger partial charge in [-0.1, -0.05) is 0 Å². The Hall–Kier alpha value is -0.250. The summed E-state index contributed by atoms with van der Waals surface area (Å²) in [7, 11) is -12.7. The maximum Gasteiger partial charge on any atom is 0.150 e. The number of hydrogen-bond acceptors (Lipinski definition) is 10. The SMILES string of the molecule is O=S1(=O)CCCC1.O=S1(=O)CCCC1.O=S1(=O)CCCC1.O=S1(=O)CCCC1.O=S1(=O)CCCC1. The van der Waals surface area contributed by atoms with Crippen LogP contribution in [0.15, 0.2) is 0 Å². The monoisotopic (exact) mass is 600 g/mol. The normalized spacial score (nSPS) is 28.0. The van der Waals surface area contributed by atoms with E-state index in [4.69, 9.17) is 0 Å². The molecule has 0 bridgehead atoms. The van der Waals surface area contributed by atoms with Crippen LogP contribution in [-0.2, 0) is 49.2 Å². The average Bonchev–Trinajstić information content (AvgIpc) is 3.54. The molecule has 0 amide bonds. The van der Waals surface area contributed by atoms with Gasteiger partial charge in [0.05, 0.1) is 57.5 Å². The van der Waals surface area contributed by atoms with Crippen molar-refractivity contribution in [3.05, 3.63) is 0 Å². The summed E-state index contributed by atoms with van der Waals surface area (Å²) in [6.07, 6.45) is 8.77. The van der Waals surface area contributed by atoms with Gasteiger partial charge in [0, 0.05) is 0 Å². The Morgan fingerprint density at radius 2 is 0.286 bits per heavy atom. The first-order chi connectivity index (χ1) is 16.0. The van der Waals surface area contributed by atoms with Gasteiger partial charge in [0.25, 0.3) is 0 Å². The van der Waals surface area contributed by atoms with Crippen molar-refractivity contribution in [2.24, 2.45) is 0 Å². The van der Waals surface area contributed by atoms with Crippen LogP contribution in [0.3, 0.4) is 0 Å². The van der Waals surface area contributed by atoms with E-state index in [2.05, 4.69) is 0 Å². The molecule has 0 atom stereocenters. The van der Waals surface area contributed by atoms with E-state index in [1.165, 1.54) is 0 Å². The topological polar surface area (TPSA) is 171 Å². The van der Waals surface area contributed by atoms with Crippen molar-refractivity contribution in [3.63, 3.8) is 0 Å². The van der Waals surface area contributed by atoms with E-state index >= 15 is 0 Å². The second-order valence-electron chi connectivity index (χ2n) is 9.29. The summed E-state index contributed by atoms with van der Waals surface area (Å²) >= 11 is 0. The molecule has 5 heterocycles. The Morgan fingerprint density at radius 1 is 0.200 bits per heavy atom. The van der Waals surface area contributed by atoms with Crippen LogP contribution in [0.25, 0.3) is 0 Å². The molecular formula is C20H40O10S5. The zero-order chi connectivity index (χ0) is 26.6. The first-order valence-electron chi connectivity index (χ1n) is 12.1. The molecule has 0 spiro atoms. The third-order valence-corrected chi connectivity index (χ3v) is 14.9. The Balaban J connectivity index is 0.000000219. The van der Waals surface area contributed by atoms with E-state index in [9.17, 15) is 42.1 Å². The summed E-state index contributed by atoms with van der Waals surface area (Å²) in [4.78, 5) is 0. The van der Waals surface area contributed by atoms with Crippen molar-refractivity contribution in [2.75, 3.05) is 57.5 Å². The molecule has 35 heavy (non-hydrogen) atoms. The van der Waals surface area contributed by atoms with Crippen LogP contribution in [0.5, 0.6) is 0 Å². The van der Waals surface area contributed by atoms with Crippen LogP contribution in [-0.4, -0.2) is 99.6 Å². The molecule has 0 aliphatic carbocycles. The lowest BCUT2D eigenvalue weighted by Crippen LogP contribution is -1.98. The largest absolute Gasteiger partial charge is 0.229 e. The van der Waals surface area contributed by atoms with Crippen LogP contribution >= 0.6 is 0 Å². The highest BCUT2D eigenvalue weighted by Gasteiger charge is 2.18. The lowest BCUT2D eigenvalue weighted by Gasteiger charge is -1.81. The highest BCUT2D eigenvalue weighted by molar-refractivity contribution is 7.92. The molecule has 0 N–H and O–H groups in total. The molecule has 0 saturated carbocycles. The highest BCUT2D eigenvalue weighted by atomic mass is 32.2. The average molecular weight is 601 g/mol. The Bertz CT molecular complexity index is 886. The van der Waals surface area contributed by atoms with Crippen molar-refractivity contribution in [3.8, 4) is 0 Å². The molecule has 5 rings (SSSR count). The summed E-state index contributed by atoms with van der Waals surface area (Å²) < 4.78 is 104. The van der Waals surface area contributed by atoms with Crippen LogP contribution in [0.1, 0.15) is 64.2 Å². The molecular weight excluding hydrogens is 561 g/mol. The summed E-state index contributed by atoms with van der Waals surface area (Å²) in [6, 6.07) is 0. The zero-order valence-corrected chi connectivity index (χ0v) is 24.3. The molecule has 0 aromatic rings. The summed E-state index contributed by atoms with van der Waals surface area (Å²) in [5.41, 5.74) is 0. The van der Waals surface area contributed by atoms with E-state index < -0.39 is 49.2 Å². The van der Waals surface area contributed by atoms with Crippen molar-refractivity contribution >= 4 is 49.2 Å². The van der Waals surface area contributed by atoms with Crippen LogP contribution in [0.4, 0.5) is 0 Å². The Morgan fingerprint density at radius 3 is 0.314 bits per heavy atom. The van der Waals surface area contributed by atoms with Gasteiger partial charge >= 0.3 is 0 Å². The van der Waals surface area contributed by atoms with Gasteiger partial charge in [0.2, 0.25) is 0 Å². The third-order valence-electron chi connectivity index (χ3n) is 5.80. The molecule has 10 nitrogen and oxygen atoms in total. The first-order valence-corrected chi connectivity index (χ1v) is 21.2. The van der Waals surface area contributed by atoms with Gasteiger partial charge < -0.3 is 0 Å². The maximum atomic E-state index is 10.4. The van der Waals surface area contributed by atoms with E-state index in [0.29, 0.717) is 57.5 Å². The third kappa shape index (κ3) is 17.0. The van der Waals surface area contributed by atoms with Crippen molar-refractivity contribution in [1.82, 2.24) is 0 Å². The molecule has 5 aliphatic heterocycles. The fraction of sp³-hybridized carbons (Fsp3) is 1.00. The number of sulfone groups is 5. The maximum absolute atomic E-state index is 10.4. The fourth-order valence-corrected chi connectivity index (χ4v) is 11.2. The molecule has 0 unspecified atom stereocenters. The van der Waals surface area contributed by atoms with Crippen molar-refractivity contribution in [1.29, 1.82) is 0 Å². The second-order valence-corrected chi connectivity index (χ2v) is 20.8. The van der Waals surface area contributed by atoms with Gasteiger partial charge in [-0.05, 0) is 64.2 Å². The van der Waals surface area contributed by atoms with E-state index in [0.717, 1.165) is 64.2 Å². The van der Waals surface area contributed by atoms with Gasteiger partial charge in [-0.3, -0.25) is 0 Å². The van der Waals surface area contributed by atoms with Gasteiger partial charge in [-0.2, -0.15) is 0 Å². The quantitative estimate of drug-likeness (QED) is 0.390. The smallest absolute Gasteiger partial charge is 0.150 e. The minimum Gasteiger partial charge on any atom is -0.229 e. The fourth-order valence-electron chi connectivity index (χ4n) is 3.73. The summed E-state index contributed by atoms with van der Waals surface area (Å²) in [5.74, 6) is 4.24. The summed E-state index contributed by atoms with van der Waals surface area (Å²) in [6.45, 7) is 0. The Kier molecular flexibility index (Phi) is 13.7. The lowest BCUT2D eigenvalue weighted by molar-refractivity contribution is 0.600. The Labute approximate surface area is 212 Å².